The topological polar surface area (TPSA) is 44.1 Å². The van der Waals surface area contributed by atoms with Gasteiger partial charge in [0, 0.05) is 18.9 Å². The second kappa shape index (κ2) is 6.18. The molecular formula is C14H21BrN2O2. The zero-order valence-corrected chi connectivity index (χ0v) is 13.4. The molecule has 0 N–H and O–H groups in total. The lowest BCUT2D eigenvalue weighted by molar-refractivity contribution is -0.122. The molecule has 1 fully saturated rings. The lowest BCUT2D eigenvalue weighted by atomic mass is 9.97. The van der Waals surface area contributed by atoms with Crippen LogP contribution in [0.3, 0.4) is 0 Å². The molecule has 0 saturated carbocycles. The first-order valence-electron chi connectivity index (χ1n) is 6.95. The first-order valence-corrected chi connectivity index (χ1v) is 7.74. The molecule has 2 atom stereocenters. The normalized spacial score (nSPS) is 22.9. The highest BCUT2D eigenvalue weighted by Gasteiger charge is 2.29. The van der Waals surface area contributed by atoms with Crippen LogP contribution in [0.5, 0.6) is 0 Å². The van der Waals surface area contributed by atoms with Crippen molar-refractivity contribution < 1.29 is 9.53 Å². The average Bonchev–Trinajstić information content (AvgIpc) is 2.95. The molecule has 4 nitrogen and oxygen atoms in total. The van der Waals surface area contributed by atoms with E-state index in [1.807, 2.05) is 18.5 Å². The van der Waals surface area contributed by atoms with Gasteiger partial charge in [0.2, 0.25) is 0 Å². The van der Waals surface area contributed by atoms with Gasteiger partial charge in [-0.3, -0.25) is 9.48 Å². The zero-order valence-electron chi connectivity index (χ0n) is 11.8. The molecular weight excluding hydrogens is 308 g/mol. The van der Waals surface area contributed by atoms with Crippen molar-refractivity contribution in [2.24, 2.45) is 5.92 Å². The summed E-state index contributed by atoms with van der Waals surface area (Å²) in [4.78, 5) is 12.3. The smallest absolute Gasteiger partial charge is 0.144 e. The van der Waals surface area contributed by atoms with E-state index < -0.39 is 0 Å². The number of halogens is 1. The van der Waals surface area contributed by atoms with Crippen molar-refractivity contribution in [1.29, 1.82) is 0 Å². The van der Waals surface area contributed by atoms with Gasteiger partial charge in [0.1, 0.15) is 5.78 Å². The van der Waals surface area contributed by atoms with Crippen molar-refractivity contribution in [3.8, 4) is 0 Å². The average molecular weight is 329 g/mol. The van der Waals surface area contributed by atoms with Gasteiger partial charge in [-0.05, 0) is 42.6 Å². The molecule has 2 rings (SSSR count). The number of hydrogen-bond acceptors (Lipinski definition) is 3. The van der Waals surface area contributed by atoms with Crippen molar-refractivity contribution in [1.82, 2.24) is 9.78 Å². The van der Waals surface area contributed by atoms with Gasteiger partial charge in [0.05, 0.1) is 28.6 Å². The zero-order chi connectivity index (χ0) is 14.0. The Bertz CT molecular complexity index is 470. The summed E-state index contributed by atoms with van der Waals surface area (Å²) < 4.78 is 8.41. The lowest BCUT2D eigenvalue weighted by Gasteiger charge is -2.08. The quantitative estimate of drug-likeness (QED) is 0.834. The van der Waals surface area contributed by atoms with Crippen molar-refractivity contribution in [3.05, 3.63) is 15.9 Å². The standard InChI is InChI=1S/C14H21BrN2O2/c1-4-11-14(15)12(17(5-2)16-11)7-13(18)10-6-9(3)19-8-10/h9-10H,4-8H2,1-3H3. The highest BCUT2D eigenvalue weighted by Crippen LogP contribution is 2.26. The number of aryl methyl sites for hydroxylation is 2. The Morgan fingerprint density at radius 1 is 1.53 bits per heavy atom. The molecule has 19 heavy (non-hydrogen) atoms. The number of carbonyl (C=O) groups is 1. The van der Waals surface area contributed by atoms with Crippen molar-refractivity contribution in [2.45, 2.75) is 52.7 Å². The number of hydrogen-bond donors (Lipinski definition) is 0. The third kappa shape index (κ3) is 3.08. The summed E-state index contributed by atoms with van der Waals surface area (Å²) in [5.41, 5.74) is 2.03. The fourth-order valence-electron chi connectivity index (χ4n) is 2.54. The Morgan fingerprint density at radius 2 is 2.26 bits per heavy atom. The highest BCUT2D eigenvalue weighted by atomic mass is 79.9. The molecule has 1 aliphatic heterocycles. The molecule has 0 radical (unpaired) electrons. The Morgan fingerprint density at radius 3 is 2.79 bits per heavy atom. The minimum absolute atomic E-state index is 0.0483. The van der Waals surface area contributed by atoms with Crippen molar-refractivity contribution in [2.75, 3.05) is 6.61 Å². The lowest BCUT2D eigenvalue weighted by Crippen LogP contribution is -2.19. The summed E-state index contributed by atoms with van der Waals surface area (Å²) in [6, 6.07) is 0. The molecule has 0 aromatic carbocycles. The number of Topliss-reactive ketones (excluding diaryl/α,β-unsaturated/α-hetero) is 1. The van der Waals surface area contributed by atoms with E-state index in [9.17, 15) is 4.79 Å². The van der Waals surface area contributed by atoms with Crippen molar-refractivity contribution >= 4 is 21.7 Å². The van der Waals surface area contributed by atoms with Crippen LogP contribution in [0.25, 0.3) is 0 Å². The second-order valence-electron chi connectivity index (χ2n) is 5.10. The molecule has 106 valence electrons. The summed E-state index contributed by atoms with van der Waals surface area (Å²) in [6.07, 6.45) is 2.37. The number of ether oxygens (including phenoxy) is 1. The number of carbonyl (C=O) groups excluding carboxylic acids is 1. The molecule has 0 spiro atoms. The summed E-state index contributed by atoms with van der Waals surface area (Å²) in [5.74, 6) is 0.314. The van der Waals surface area contributed by atoms with Crippen LogP contribution >= 0.6 is 15.9 Å². The van der Waals surface area contributed by atoms with Crippen LogP contribution in [0.4, 0.5) is 0 Å². The van der Waals surface area contributed by atoms with Gasteiger partial charge in [0.15, 0.2) is 0 Å². The van der Waals surface area contributed by atoms with Gasteiger partial charge in [0.25, 0.3) is 0 Å². The minimum atomic E-state index is 0.0483. The van der Waals surface area contributed by atoms with Crippen LogP contribution in [0.1, 0.15) is 38.6 Å². The van der Waals surface area contributed by atoms with Crippen LogP contribution in [0, 0.1) is 5.92 Å². The van der Waals surface area contributed by atoms with Gasteiger partial charge in [-0.15, -0.1) is 0 Å². The largest absolute Gasteiger partial charge is 0.378 e. The van der Waals surface area contributed by atoms with E-state index in [1.54, 1.807) is 0 Å². The third-order valence-corrected chi connectivity index (χ3v) is 4.60. The SMILES string of the molecule is CCc1nn(CC)c(CC(=O)C2COC(C)C2)c1Br. The van der Waals surface area contributed by atoms with Crippen LogP contribution < -0.4 is 0 Å². The second-order valence-corrected chi connectivity index (χ2v) is 5.89. The van der Waals surface area contributed by atoms with E-state index in [-0.39, 0.29) is 17.8 Å². The molecule has 0 aliphatic carbocycles. The van der Waals surface area contributed by atoms with Crippen LogP contribution in [0.15, 0.2) is 4.47 Å². The van der Waals surface area contributed by atoms with E-state index in [2.05, 4.69) is 28.0 Å². The molecule has 2 heterocycles. The molecule has 1 aromatic heterocycles. The Hall–Kier alpha value is -0.680. The van der Waals surface area contributed by atoms with Crippen LogP contribution in [0.2, 0.25) is 0 Å². The maximum atomic E-state index is 12.3. The molecule has 2 unspecified atom stereocenters. The molecule has 1 aliphatic rings. The molecule has 1 saturated heterocycles. The summed E-state index contributed by atoms with van der Waals surface area (Å²) in [7, 11) is 0. The number of aromatic nitrogens is 2. The number of ketones is 1. The van der Waals surface area contributed by atoms with Gasteiger partial charge in [-0.1, -0.05) is 6.92 Å². The van der Waals surface area contributed by atoms with Crippen LogP contribution in [-0.4, -0.2) is 28.3 Å². The predicted octanol–water partition coefficient (Wildman–Crippen LogP) is 2.76. The monoisotopic (exact) mass is 328 g/mol. The van der Waals surface area contributed by atoms with E-state index in [4.69, 9.17) is 4.74 Å². The van der Waals surface area contributed by atoms with Gasteiger partial charge in [-0.2, -0.15) is 5.10 Å². The summed E-state index contributed by atoms with van der Waals surface area (Å²) >= 11 is 3.59. The van der Waals surface area contributed by atoms with E-state index in [0.29, 0.717) is 13.0 Å². The first kappa shape index (κ1) is 14.7. The predicted molar refractivity (Wildman–Crippen MR) is 77.2 cm³/mol. The Balaban J connectivity index is 2.14. The third-order valence-electron chi connectivity index (χ3n) is 3.69. The van der Waals surface area contributed by atoms with Crippen molar-refractivity contribution in [3.63, 3.8) is 0 Å². The van der Waals surface area contributed by atoms with Gasteiger partial charge in [-0.25, -0.2) is 0 Å². The van der Waals surface area contributed by atoms with E-state index in [1.165, 1.54) is 0 Å². The van der Waals surface area contributed by atoms with Crippen LogP contribution in [-0.2, 0) is 28.9 Å². The minimum Gasteiger partial charge on any atom is -0.378 e. The van der Waals surface area contributed by atoms with E-state index >= 15 is 0 Å². The number of nitrogens with zero attached hydrogens (tertiary/aromatic N) is 2. The maximum Gasteiger partial charge on any atom is 0.144 e. The maximum absolute atomic E-state index is 12.3. The molecule has 0 bridgehead atoms. The highest BCUT2D eigenvalue weighted by molar-refractivity contribution is 9.10. The summed E-state index contributed by atoms with van der Waals surface area (Å²) in [6.45, 7) is 7.50. The first-order chi connectivity index (χ1) is 9.06. The molecule has 0 amide bonds. The van der Waals surface area contributed by atoms with E-state index in [0.717, 1.165) is 35.2 Å². The van der Waals surface area contributed by atoms with Gasteiger partial charge >= 0.3 is 0 Å². The Labute approximate surface area is 122 Å². The van der Waals surface area contributed by atoms with Gasteiger partial charge < -0.3 is 4.74 Å². The fraction of sp³-hybridized carbons (Fsp3) is 0.714. The molecule has 5 heteroatoms. The number of rotatable bonds is 5. The fourth-order valence-corrected chi connectivity index (χ4v) is 3.24. The molecule has 1 aromatic rings. The summed E-state index contributed by atoms with van der Waals surface area (Å²) in [5, 5.41) is 4.53. The Kier molecular flexibility index (Phi) is 4.79.